The summed E-state index contributed by atoms with van der Waals surface area (Å²) in [6.07, 6.45) is -0.398. The molecule has 23 heavy (non-hydrogen) atoms. The predicted octanol–water partition coefficient (Wildman–Crippen LogP) is 4.55. The normalized spacial score (nSPS) is 11.8. The number of rotatable bonds is 3. The average Bonchev–Trinajstić information content (AvgIpc) is 2.27. The van der Waals surface area contributed by atoms with E-state index in [-0.39, 0.29) is 29.1 Å². The largest absolute Gasteiger partial charge is 0.444 e. The summed E-state index contributed by atoms with van der Waals surface area (Å²) >= 11 is 0. The van der Waals surface area contributed by atoms with Gasteiger partial charge in [-0.3, -0.25) is 10.1 Å². The number of amides is 2. The van der Waals surface area contributed by atoms with Gasteiger partial charge in [-0.2, -0.15) is 0 Å². The third-order valence-electron chi connectivity index (χ3n) is 2.58. The number of carbonyl (C=O) groups is 2. The molecule has 128 valence electrons. The van der Waals surface area contributed by atoms with Crippen LogP contribution in [0, 0.1) is 11.2 Å². The first-order valence-electron chi connectivity index (χ1n) is 7.45. The Bertz CT molecular complexity index is 586. The van der Waals surface area contributed by atoms with Gasteiger partial charge in [-0.25, -0.2) is 9.18 Å². The van der Waals surface area contributed by atoms with E-state index in [0.29, 0.717) is 0 Å². The molecule has 2 N–H and O–H groups in total. The second-order valence-corrected chi connectivity index (χ2v) is 7.60. The summed E-state index contributed by atoms with van der Waals surface area (Å²) in [6.45, 7) is 11.0. The number of nitrogens with one attached hydrogen (secondary N) is 2. The highest BCUT2D eigenvalue weighted by atomic mass is 19.1. The second-order valence-electron chi connectivity index (χ2n) is 7.60. The number of carbonyl (C=O) groups excluding carboxylic acids is 2. The summed E-state index contributed by atoms with van der Waals surface area (Å²) < 4.78 is 18.6. The van der Waals surface area contributed by atoms with Gasteiger partial charge < -0.3 is 10.1 Å². The summed E-state index contributed by atoms with van der Waals surface area (Å²) in [7, 11) is 0. The fraction of sp³-hybridized carbons (Fsp3) is 0.529. The molecule has 1 aromatic rings. The molecular weight excluding hydrogens is 299 g/mol. The number of hydrogen-bond acceptors (Lipinski definition) is 3. The zero-order valence-corrected chi connectivity index (χ0v) is 14.5. The topological polar surface area (TPSA) is 67.4 Å². The summed E-state index contributed by atoms with van der Waals surface area (Å²) in [5.41, 5.74) is -0.372. The second kappa shape index (κ2) is 6.98. The van der Waals surface area contributed by atoms with Gasteiger partial charge in [0.1, 0.15) is 11.4 Å². The predicted molar refractivity (Wildman–Crippen MR) is 89.0 cm³/mol. The molecule has 0 aromatic heterocycles. The quantitative estimate of drug-likeness (QED) is 0.857. The maximum atomic E-state index is 13.4. The minimum atomic E-state index is -0.671. The van der Waals surface area contributed by atoms with Crippen LogP contribution in [0.2, 0.25) is 0 Å². The van der Waals surface area contributed by atoms with E-state index >= 15 is 0 Å². The van der Waals surface area contributed by atoms with Crippen LogP contribution >= 0.6 is 0 Å². The molecule has 0 saturated heterocycles. The van der Waals surface area contributed by atoms with Crippen molar-refractivity contribution < 1.29 is 18.7 Å². The van der Waals surface area contributed by atoms with Gasteiger partial charge in [-0.15, -0.1) is 0 Å². The Morgan fingerprint density at radius 1 is 1.04 bits per heavy atom. The van der Waals surface area contributed by atoms with E-state index in [1.165, 1.54) is 12.1 Å². The molecule has 0 radical (unpaired) electrons. The molecule has 2 amide bonds. The van der Waals surface area contributed by atoms with Crippen LogP contribution in [0.5, 0.6) is 0 Å². The van der Waals surface area contributed by atoms with Crippen LogP contribution in [0.3, 0.4) is 0 Å². The van der Waals surface area contributed by atoms with E-state index in [9.17, 15) is 14.0 Å². The zero-order chi connectivity index (χ0) is 17.8. The first kappa shape index (κ1) is 18.9. The van der Waals surface area contributed by atoms with Gasteiger partial charge in [0.2, 0.25) is 5.91 Å². The minimum Gasteiger partial charge on any atom is -0.444 e. The van der Waals surface area contributed by atoms with Crippen molar-refractivity contribution in [3.63, 3.8) is 0 Å². The number of halogens is 1. The molecule has 1 aromatic carbocycles. The van der Waals surface area contributed by atoms with Crippen molar-refractivity contribution in [1.29, 1.82) is 0 Å². The number of benzene rings is 1. The number of ether oxygens (including phenoxy) is 1. The fourth-order valence-corrected chi connectivity index (χ4v) is 1.82. The van der Waals surface area contributed by atoms with E-state index in [1.807, 2.05) is 20.8 Å². The summed E-state index contributed by atoms with van der Waals surface area (Å²) in [6, 6.07) is 3.74. The SMILES string of the molecule is CC(C)(C)CC(=O)Nc1cc(F)ccc1NC(=O)OC(C)(C)C. The summed E-state index contributed by atoms with van der Waals surface area (Å²) in [4.78, 5) is 23.9. The molecule has 0 aliphatic heterocycles. The Morgan fingerprint density at radius 3 is 2.17 bits per heavy atom. The van der Waals surface area contributed by atoms with E-state index in [2.05, 4.69) is 10.6 Å². The standard InChI is InChI=1S/C17H25FN2O3/c1-16(2,3)10-14(21)19-13-9-11(18)7-8-12(13)20-15(22)23-17(4,5)6/h7-9H,10H2,1-6H3,(H,19,21)(H,20,22). The molecule has 0 unspecified atom stereocenters. The molecule has 5 nitrogen and oxygen atoms in total. The highest BCUT2D eigenvalue weighted by molar-refractivity contribution is 5.98. The molecule has 0 aliphatic carbocycles. The highest BCUT2D eigenvalue weighted by Crippen LogP contribution is 2.26. The van der Waals surface area contributed by atoms with Crippen LogP contribution in [-0.2, 0) is 9.53 Å². The lowest BCUT2D eigenvalue weighted by atomic mass is 9.92. The monoisotopic (exact) mass is 324 g/mol. The lowest BCUT2D eigenvalue weighted by Gasteiger charge is -2.21. The average molecular weight is 324 g/mol. The van der Waals surface area contributed by atoms with Crippen molar-refractivity contribution in [1.82, 2.24) is 0 Å². The van der Waals surface area contributed by atoms with E-state index < -0.39 is 17.5 Å². The fourth-order valence-electron chi connectivity index (χ4n) is 1.82. The Morgan fingerprint density at radius 2 is 1.65 bits per heavy atom. The zero-order valence-electron chi connectivity index (χ0n) is 14.5. The van der Waals surface area contributed by atoms with E-state index in [4.69, 9.17) is 4.74 Å². The van der Waals surface area contributed by atoms with Gasteiger partial charge in [-0.1, -0.05) is 20.8 Å². The number of hydrogen-bond donors (Lipinski definition) is 2. The minimum absolute atomic E-state index is 0.198. The Labute approximate surface area is 136 Å². The van der Waals surface area contributed by atoms with Gasteiger partial charge in [0.05, 0.1) is 11.4 Å². The van der Waals surface area contributed by atoms with Crippen molar-refractivity contribution in [3.8, 4) is 0 Å². The van der Waals surface area contributed by atoms with Crippen molar-refractivity contribution >= 4 is 23.4 Å². The molecule has 0 spiro atoms. The van der Waals surface area contributed by atoms with Gasteiger partial charge in [-0.05, 0) is 44.4 Å². The third-order valence-corrected chi connectivity index (χ3v) is 2.58. The Kier molecular flexibility index (Phi) is 5.75. The van der Waals surface area contributed by atoms with Gasteiger partial charge in [0.25, 0.3) is 0 Å². The molecule has 0 atom stereocenters. The van der Waals surface area contributed by atoms with Crippen LogP contribution < -0.4 is 10.6 Å². The van der Waals surface area contributed by atoms with Gasteiger partial charge >= 0.3 is 6.09 Å². The van der Waals surface area contributed by atoms with Crippen LogP contribution in [0.15, 0.2) is 18.2 Å². The lowest BCUT2D eigenvalue weighted by Crippen LogP contribution is -2.28. The van der Waals surface area contributed by atoms with E-state index in [0.717, 1.165) is 6.07 Å². The van der Waals surface area contributed by atoms with Crippen molar-refractivity contribution in [2.45, 2.75) is 53.6 Å². The van der Waals surface area contributed by atoms with Crippen LogP contribution in [0.4, 0.5) is 20.6 Å². The maximum absolute atomic E-state index is 13.4. The lowest BCUT2D eigenvalue weighted by molar-refractivity contribution is -0.117. The molecule has 0 saturated carbocycles. The van der Waals surface area contributed by atoms with Crippen LogP contribution in [-0.4, -0.2) is 17.6 Å². The molecular formula is C17H25FN2O3. The van der Waals surface area contributed by atoms with E-state index in [1.54, 1.807) is 20.8 Å². The first-order valence-corrected chi connectivity index (χ1v) is 7.45. The van der Waals surface area contributed by atoms with Crippen molar-refractivity contribution in [2.75, 3.05) is 10.6 Å². The summed E-state index contributed by atoms with van der Waals surface area (Å²) in [5, 5.41) is 5.15. The molecule has 0 heterocycles. The smallest absolute Gasteiger partial charge is 0.412 e. The van der Waals surface area contributed by atoms with Crippen molar-refractivity contribution in [3.05, 3.63) is 24.0 Å². The van der Waals surface area contributed by atoms with Gasteiger partial charge in [0.15, 0.2) is 0 Å². The highest BCUT2D eigenvalue weighted by Gasteiger charge is 2.20. The molecule has 0 bridgehead atoms. The van der Waals surface area contributed by atoms with Gasteiger partial charge in [0, 0.05) is 6.42 Å². The first-order chi connectivity index (χ1) is 10.4. The van der Waals surface area contributed by atoms with Crippen molar-refractivity contribution in [2.24, 2.45) is 5.41 Å². The number of anilines is 2. The third kappa shape index (κ3) is 7.63. The molecule has 0 fully saturated rings. The molecule has 1 rings (SSSR count). The Balaban J connectivity index is 2.89. The Hall–Kier alpha value is -2.11. The summed E-state index contributed by atoms with van der Waals surface area (Å²) in [5.74, 6) is -0.763. The molecule has 6 heteroatoms. The molecule has 0 aliphatic rings. The maximum Gasteiger partial charge on any atom is 0.412 e. The van der Waals surface area contributed by atoms with Crippen LogP contribution in [0.1, 0.15) is 48.0 Å². The van der Waals surface area contributed by atoms with Crippen LogP contribution in [0.25, 0.3) is 0 Å².